The summed E-state index contributed by atoms with van der Waals surface area (Å²) in [5.41, 5.74) is 0.920. The molecule has 0 radical (unpaired) electrons. The molecule has 1 atom stereocenters. The van der Waals surface area contributed by atoms with Gasteiger partial charge in [-0.3, -0.25) is 4.98 Å². The molecule has 0 saturated heterocycles. The van der Waals surface area contributed by atoms with Crippen molar-refractivity contribution in [1.82, 2.24) is 10.3 Å². The number of carbonyl (C=O) groups is 1. The van der Waals surface area contributed by atoms with Gasteiger partial charge in [-0.15, -0.1) is 0 Å². The van der Waals surface area contributed by atoms with Crippen molar-refractivity contribution >= 4 is 5.97 Å². The van der Waals surface area contributed by atoms with E-state index in [9.17, 15) is 4.79 Å². The summed E-state index contributed by atoms with van der Waals surface area (Å²) in [5.74, 6) is -0.435. The van der Waals surface area contributed by atoms with E-state index in [2.05, 4.69) is 17.2 Å². The third kappa shape index (κ3) is 5.70. The molecule has 1 heterocycles. The number of aromatic nitrogens is 1. The highest BCUT2D eigenvalue weighted by molar-refractivity contribution is 5.72. The maximum Gasteiger partial charge on any atom is 0.344 e. The zero-order chi connectivity index (χ0) is 14.1. The molecule has 1 aromatic rings. The van der Waals surface area contributed by atoms with Crippen LogP contribution in [0.1, 0.15) is 38.8 Å². The average Bonchev–Trinajstić information content (AvgIpc) is 2.40. The van der Waals surface area contributed by atoms with Crippen molar-refractivity contribution in [1.29, 1.82) is 0 Å². The van der Waals surface area contributed by atoms with Gasteiger partial charge in [-0.25, -0.2) is 4.79 Å². The van der Waals surface area contributed by atoms with E-state index < -0.39 is 12.1 Å². The van der Waals surface area contributed by atoms with Crippen LogP contribution in [0.15, 0.2) is 18.3 Å². The summed E-state index contributed by atoms with van der Waals surface area (Å²) < 4.78 is 5.41. The molecular weight excluding hydrogens is 244 g/mol. The largest absolute Gasteiger partial charge is 0.479 e. The lowest BCUT2D eigenvalue weighted by Gasteiger charge is -2.14. The van der Waals surface area contributed by atoms with Crippen LogP contribution in [0.3, 0.4) is 0 Å². The van der Waals surface area contributed by atoms with Crippen LogP contribution in [0.5, 0.6) is 5.75 Å². The minimum absolute atomic E-state index is 0.495. The molecular formula is C14H22N2O3. The minimum Gasteiger partial charge on any atom is -0.479 e. The quantitative estimate of drug-likeness (QED) is 0.670. The van der Waals surface area contributed by atoms with Gasteiger partial charge in [-0.1, -0.05) is 20.3 Å². The number of nitrogens with zero attached hydrogens (tertiary/aromatic N) is 1. The Labute approximate surface area is 114 Å². The highest BCUT2D eigenvalue weighted by atomic mass is 16.5. The Balaban J connectivity index is 2.52. The van der Waals surface area contributed by atoms with Crippen LogP contribution in [0, 0.1) is 0 Å². The molecule has 0 bridgehead atoms. The molecule has 2 N–H and O–H groups in total. The van der Waals surface area contributed by atoms with Gasteiger partial charge in [0.15, 0.2) is 6.10 Å². The SMILES string of the molecule is CCCNCc1ccc(OC(CCC)C(=O)O)cn1. The summed E-state index contributed by atoms with van der Waals surface area (Å²) in [7, 11) is 0. The van der Waals surface area contributed by atoms with Gasteiger partial charge in [0.2, 0.25) is 0 Å². The molecule has 1 unspecified atom stereocenters. The molecule has 5 heteroatoms. The Morgan fingerprint density at radius 3 is 2.74 bits per heavy atom. The fourth-order valence-electron chi connectivity index (χ4n) is 1.64. The first-order valence-corrected chi connectivity index (χ1v) is 6.72. The molecule has 106 valence electrons. The molecule has 0 spiro atoms. The molecule has 1 rings (SSSR count). The monoisotopic (exact) mass is 266 g/mol. The summed E-state index contributed by atoms with van der Waals surface area (Å²) in [6.07, 6.45) is 3.13. The van der Waals surface area contributed by atoms with Crippen molar-refractivity contribution in [2.45, 2.75) is 45.8 Å². The topological polar surface area (TPSA) is 71.5 Å². The van der Waals surface area contributed by atoms with Crippen LogP contribution in [0.2, 0.25) is 0 Å². The van der Waals surface area contributed by atoms with E-state index in [0.29, 0.717) is 18.7 Å². The number of carboxylic acids is 1. The molecule has 0 aliphatic heterocycles. The molecule has 1 aromatic heterocycles. The van der Waals surface area contributed by atoms with E-state index in [0.717, 1.165) is 25.1 Å². The maximum atomic E-state index is 11.0. The van der Waals surface area contributed by atoms with Gasteiger partial charge in [-0.2, -0.15) is 0 Å². The smallest absolute Gasteiger partial charge is 0.344 e. The summed E-state index contributed by atoms with van der Waals surface area (Å²) in [5, 5.41) is 12.3. The first kappa shape index (κ1) is 15.4. The van der Waals surface area contributed by atoms with Crippen LogP contribution >= 0.6 is 0 Å². The van der Waals surface area contributed by atoms with Crippen molar-refractivity contribution in [2.24, 2.45) is 0 Å². The second kappa shape index (κ2) is 8.48. The molecule has 0 aliphatic carbocycles. The van der Waals surface area contributed by atoms with Crippen molar-refractivity contribution in [3.05, 3.63) is 24.0 Å². The minimum atomic E-state index is -0.935. The second-order valence-electron chi connectivity index (χ2n) is 4.40. The van der Waals surface area contributed by atoms with Crippen molar-refractivity contribution < 1.29 is 14.6 Å². The van der Waals surface area contributed by atoms with E-state index in [4.69, 9.17) is 9.84 Å². The van der Waals surface area contributed by atoms with Crippen LogP contribution in [0.4, 0.5) is 0 Å². The third-order valence-corrected chi connectivity index (χ3v) is 2.64. The summed E-state index contributed by atoms with van der Waals surface area (Å²) >= 11 is 0. The maximum absolute atomic E-state index is 11.0. The van der Waals surface area contributed by atoms with Gasteiger partial charge in [0.05, 0.1) is 11.9 Å². The third-order valence-electron chi connectivity index (χ3n) is 2.64. The lowest BCUT2D eigenvalue weighted by molar-refractivity contribution is -0.145. The zero-order valence-electron chi connectivity index (χ0n) is 11.6. The summed E-state index contributed by atoms with van der Waals surface area (Å²) in [6.45, 7) is 5.71. The Morgan fingerprint density at radius 2 is 2.21 bits per heavy atom. The Bertz CT molecular complexity index is 379. The van der Waals surface area contributed by atoms with Crippen LogP contribution in [-0.4, -0.2) is 28.7 Å². The van der Waals surface area contributed by atoms with Crippen LogP contribution in [-0.2, 0) is 11.3 Å². The van der Waals surface area contributed by atoms with Gasteiger partial charge in [0, 0.05) is 6.54 Å². The Kier molecular flexibility index (Phi) is 6.89. The highest BCUT2D eigenvalue weighted by Crippen LogP contribution is 2.14. The van der Waals surface area contributed by atoms with E-state index >= 15 is 0 Å². The average molecular weight is 266 g/mol. The lowest BCUT2D eigenvalue weighted by Crippen LogP contribution is -2.26. The van der Waals surface area contributed by atoms with E-state index in [1.807, 2.05) is 13.0 Å². The molecule has 0 aromatic carbocycles. The number of nitrogens with one attached hydrogen (secondary N) is 1. The number of pyridine rings is 1. The first-order chi connectivity index (χ1) is 9.17. The van der Waals surface area contributed by atoms with Gasteiger partial charge in [0.1, 0.15) is 5.75 Å². The summed E-state index contributed by atoms with van der Waals surface area (Å²) in [4.78, 5) is 15.2. The number of aliphatic carboxylic acids is 1. The number of hydrogen-bond acceptors (Lipinski definition) is 4. The van der Waals surface area contributed by atoms with E-state index in [1.165, 1.54) is 0 Å². The van der Waals surface area contributed by atoms with Crippen molar-refractivity contribution in [3.8, 4) is 5.75 Å². The summed E-state index contributed by atoms with van der Waals surface area (Å²) in [6, 6.07) is 3.62. The Morgan fingerprint density at radius 1 is 1.42 bits per heavy atom. The van der Waals surface area contributed by atoms with Gasteiger partial charge in [-0.05, 0) is 31.5 Å². The van der Waals surface area contributed by atoms with Gasteiger partial charge < -0.3 is 15.2 Å². The Hall–Kier alpha value is -1.62. The number of hydrogen-bond donors (Lipinski definition) is 2. The number of carboxylic acid groups (broad SMARTS) is 1. The predicted molar refractivity (Wildman–Crippen MR) is 73.2 cm³/mol. The van der Waals surface area contributed by atoms with Crippen LogP contribution < -0.4 is 10.1 Å². The first-order valence-electron chi connectivity index (χ1n) is 6.72. The van der Waals surface area contributed by atoms with Crippen LogP contribution in [0.25, 0.3) is 0 Å². The predicted octanol–water partition coefficient (Wildman–Crippen LogP) is 2.21. The van der Waals surface area contributed by atoms with Gasteiger partial charge in [0.25, 0.3) is 0 Å². The normalized spacial score (nSPS) is 12.1. The lowest BCUT2D eigenvalue weighted by atomic mass is 10.2. The number of rotatable bonds is 9. The highest BCUT2D eigenvalue weighted by Gasteiger charge is 2.18. The molecule has 0 saturated carbocycles. The molecule has 19 heavy (non-hydrogen) atoms. The number of ether oxygens (including phenoxy) is 1. The van der Waals surface area contributed by atoms with E-state index in [1.54, 1.807) is 12.3 Å². The van der Waals surface area contributed by atoms with Gasteiger partial charge >= 0.3 is 5.97 Å². The fraction of sp³-hybridized carbons (Fsp3) is 0.571. The fourth-order valence-corrected chi connectivity index (χ4v) is 1.64. The second-order valence-corrected chi connectivity index (χ2v) is 4.40. The molecule has 0 fully saturated rings. The van der Waals surface area contributed by atoms with E-state index in [-0.39, 0.29) is 0 Å². The van der Waals surface area contributed by atoms with Crippen molar-refractivity contribution in [2.75, 3.05) is 6.54 Å². The molecule has 0 amide bonds. The standard InChI is InChI=1S/C14H22N2O3/c1-3-5-13(14(17)18)19-12-7-6-11(16-10-12)9-15-8-4-2/h6-7,10,13,15H,3-5,8-9H2,1-2H3,(H,17,18). The molecule has 0 aliphatic rings. The zero-order valence-corrected chi connectivity index (χ0v) is 11.6. The van der Waals surface area contributed by atoms with Crippen molar-refractivity contribution in [3.63, 3.8) is 0 Å². The molecule has 5 nitrogen and oxygen atoms in total.